The summed E-state index contributed by atoms with van der Waals surface area (Å²) in [4.78, 5) is 19.2. The fraction of sp³-hybridized carbons (Fsp3) is 0.429. The van der Waals surface area contributed by atoms with E-state index >= 15 is 0 Å². The molecule has 1 aromatic rings. The minimum atomic E-state index is -0.699. The summed E-state index contributed by atoms with van der Waals surface area (Å²) in [5, 5.41) is 0. The molecule has 0 aliphatic carbocycles. The molecule has 1 rings (SSSR count). The van der Waals surface area contributed by atoms with E-state index in [1.54, 1.807) is 37.3 Å². The van der Waals surface area contributed by atoms with Crippen LogP contribution in [0.5, 0.6) is 0 Å². The highest BCUT2D eigenvalue weighted by atomic mass is 19.1. The van der Waals surface area contributed by atoms with E-state index in [2.05, 4.69) is 9.73 Å². The number of anilines is 2. The highest BCUT2D eigenvalue weighted by Crippen LogP contribution is 2.30. The van der Waals surface area contributed by atoms with E-state index in [0.29, 0.717) is 17.9 Å². The van der Waals surface area contributed by atoms with Crippen LogP contribution >= 0.6 is 0 Å². The Balaban J connectivity index is 3.37. The van der Waals surface area contributed by atoms with E-state index in [1.807, 2.05) is 6.92 Å². The smallest absolute Gasteiger partial charge is 0.340 e. The number of hydrogen-bond acceptors (Lipinski definition) is 4. The molecule has 0 amide bonds. The molecule has 0 saturated heterocycles. The largest absolute Gasteiger partial charge is 0.465 e. The number of halogens is 1. The second-order valence-electron chi connectivity index (χ2n) is 4.43. The van der Waals surface area contributed by atoms with Gasteiger partial charge in [-0.3, -0.25) is 4.99 Å². The van der Waals surface area contributed by atoms with Crippen LogP contribution in [0, 0.1) is 5.82 Å². The molecular weight excluding hydrogens is 261 g/mol. The van der Waals surface area contributed by atoms with Gasteiger partial charge in [0.1, 0.15) is 5.82 Å². The molecule has 0 N–H and O–H groups in total. The normalized spacial score (nSPS) is 10.7. The van der Waals surface area contributed by atoms with E-state index in [-0.39, 0.29) is 5.56 Å². The second-order valence-corrected chi connectivity index (χ2v) is 4.43. The Kier molecular flexibility index (Phi) is 5.49. The van der Waals surface area contributed by atoms with E-state index in [9.17, 15) is 9.18 Å². The van der Waals surface area contributed by atoms with Crippen molar-refractivity contribution >= 4 is 23.7 Å². The number of rotatable bonds is 5. The van der Waals surface area contributed by atoms with Crippen molar-refractivity contribution in [2.75, 3.05) is 44.6 Å². The van der Waals surface area contributed by atoms with Gasteiger partial charge in [0.15, 0.2) is 0 Å². The summed E-state index contributed by atoms with van der Waals surface area (Å²) in [6, 6.07) is 2.79. The van der Waals surface area contributed by atoms with Crippen LogP contribution in [0.1, 0.15) is 17.3 Å². The molecule has 0 radical (unpaired) electrons. The van der Waals surface area contributed by atoms with Gasteiger partial charge in [-0.2, -0.15) is 0 Å². The Hall–Kier alpha value is -2.11. The molecule has 110 valence electrons. The van der Waals surface area contributed by atoms with Crippen LogP contribution in [0.25, 0.3) is 0 Å². The van der Waals surface area contributed by atoms with Crippen molar-refractivity contribution in [3.63, 3.8) is 0 Å². The van der Waals surface area contributed by atoms with Crippen molar-refractivity contribution in [1.29, 1.82) is 0 Å². The van der Waals surface area contributed by atoms with Crippen LogP contribution in [0.4, 0.5) is 15.8 Å². The highest BCUT2D eigenvalue weighted by Gasteiger charge is 2.18. The molecule has 0 fully saturated rings. The summed E-state index contributed by atoms with van der Waals surface area (Å²) in [7, 11) is 6.63. The molecule has 1 aromatic carbocycles. The zero-order valence-electron chi connectivity index (χ0n) is 12.5. The lowest BCUT2D eigenvalue weighted by Crippen LogP contribution is -2.21. The third-order valence-electron chi connectivity index (χ3n) is 2.77. The van der Waals surface area contributed by atoms with E-state index in [0.717, 1.165) is 0 Å². The van der Waals surface area contributed by atoms with Gasteiger partial charge in [-0.25, -0.2) is 9.18 Å². The molecule has 0 heterocycles. The predicted octanol–water partition coefficient (Wildman–Crippen LogP) is 2.16. The third kappa shape index (κ3) is 3.46. The molecule has 0 aliphatic rings. The summed E-state index contributed by atoms with van der Waals surface area (Å²) < 4.78 is 18.6. The summed E-state index contributed by atoms with van der Waals surface area (Å²) in [5.74, 6) is -1.31. The number of carbonyl (C=O) groups is 1. The number of ether oxygens (including phenoxy) is 1. The maximum atomic E-state index is 14.0. The van der Waals surface area contributed by atoms with Crippen LogP contribution in [0.3, 0.4) is 0 Å². The zero-order valence-corrected chi connectivity index (χ0v) is 12.5. The maximum Gasteiger partial charge on any atom is 0.340 e. The second kappa shape index (κ2) is 6.88. The number of esters is 1. The van der Waals surface area contributed by atoms with Crippen molar-refractivity contribution in [2.24, 2.45) is 4.99 Å². The molecule has 0 aliphatic heterocycles. The first-order chi connectivity index (χ1) is 9.42. The minimum Gasteiger partial charge on any atom is -0.465 e. The van der Waals surface area contributed by atoms with Crippen LogP contribution in [0.2, 0.25) is 0 Å². The Morgan fingerprint density at radius 1 is 1.35 bits per heavy atom. The number of hydrogen-bond donors (Lipinski definition) is 0. The van der Waals surface area contributed by atoms with E-state index in [4.69, 9.17) is 0 Å². The summed E-state index contributed by atoms with van der Waals surface area (Å²) in [5.41, 5.74) is 1.24. The average Bonchev–Trinajstić information content (AvgIpc) is 2.43. The van der Waals surface area contributed by atoms with Gasteiger partial charge in [-0.1, -0.05) is 0 Å². The van der Waals surface area contributed by atoms with Crippen molar-refractivity contribution in [2.45, 2.75) is 6.92 Å². The van der Waals surface area contributed by atoms with Gasteiger partial charge < -0.3 is 14.5 Å². The van der Waals surface area contributed by atoms with Crippen molar-refractivity contribution in [3.8, 4) is 0 Å². The zero-order chi connectivity index (χ0) is 15.3. The first kappa shape index (κ1) is 15.9. The number of carbonyl (C=O) groups excluding carboxylic acids is 1. The molecule has 0 saturated carbocycles. The van der Waals surface area contributed by atoms with Crippen LogP contribution in [0.15, 0.2) is 17.1 Å². The number of benzene rings is 1. The Morgan fingerprint density at radius 2 is 2.00 bits per heavy atom. The third-order valence-corrected chi connectivity index (χ3v) is 2.77. The van der Waals surface area contributed by atoms with Gasteiger partial charge in [0.2, 0.25) is 0 Å². The van der Waals surface area contributed by atoms with Gasteiger partial charge in [-0.05, 0) is 13.0 Å². The molecule has 0 spiro atoms. The fourth-order valence-corrected chi connectivity index (χ4v) is 1.72. The Bertz CT molecular complexity index is 515. The molecular formula is C14H20FN3O2. The first-order valence-corrected chi connectivity index (χ1v) is 6.24. The van der Waals surface area contributed by atoms with E-state index < -0.39 is 11.8 Å². The van der Waals surface area contributed by atoms with Crippen molar-refractivity contribution in [1.82, 2.24) is 0 Å². The van der Waals surface area contributed by atoms with Crippen LogP contribution < -0.4 is 9.80 Å². The number of aliphatic imine (C=N–C) groups is 1. The lowest BCUT2D eigenvalue weighted by atomic mass is 10.1. The van der Waals surface area contributed by atoms with Gasteiger partial charge in [0, 0.05) is 33.8 Å². The van der Waals surface area contributed by atoms with Crippen LogP contribution in [-0.2, 0) is 4.74 Å². The quantitative estimate of drug-likeness (QED) is 0.471. The SMILES string of the molecule is CCN=CN(C)c1cc(C(=O)OC)c(F)cc1N(C)C. The summed E-state index contributed by atoms with van der Waals surface area (Å²) in [6.07, 6.45) is 1.64. The van der Waals surface area contributed by atoms with Crippen molar-refractivity contribution < 1.29 is 13.9 Å². The molecule has 0 aromatic heterocycles. The van der Waals surface area contributed by atoms with Gasteiger partial charge >= 0.3 is 5.97 Å². The maximum absolute atomic E-state index is 14.0. The predicted molar refractivity (Wildman–Crippen MR) is 79.5 cm³/mol. The molecule has 0 bridgehead atoms. The standard InChI is InChI=1S/C14H20FN3O2/c1-6-16-9-18(4)13-7-10(14(19)20-5)11(15)8-12(13)17(2)3/h7-9H,6H2,1-5H3. The van der Waals surface area contributed by atoms with E-state index in [1.165, 1.54) is 19.2 Å². The highest BCUT2D eigenvalue weighted by molar-refractivity contribution is 5.95. The lowest BCUT2D eigenvalue weighted by Gasteiger charge is -2.23. The Morgan fingerprint density at radius 3 is 2.50 bits per heavy atom. The van der Waals surface area contributed by atoms with Gasteiger partial charge in [0.25, 0.3) is 0 Å². The molecule has 0 atom stereocenters. The topological polar surface area (TPSA) is 45.1 Å². The number of nitrogens with zero attached hydrogens (tertiary/aromatic N) is 3. The molecule has 20 heavy (non-hydrogen) atoms. The summed E-state index contributed by atoms with van der Waals surface area (Å²) >= 11 is 0. The summed E-state index contributed by atoms with van der Waals surface area (Å²) in [6.45, 7) is 2.56. The van der Waals surface area contributed by atoms with Crippen molar-refractivity contribution in [3.05, 3.63) is 23.5 Å². The minimum absolute atomic E-state index is 0.0927. The Labute approximate surface area is 118 Å². The molecule has 5 nitrogen and oxygen atoms in total. The lowest BCUT2D eigenvalue weighted by molar-refractivity contribution is 0.0595. The van der Waals surface area contributed by atoms with Gasteiger partial charge in [0.05, 0.1) is 30.4 Å². The first-order valence-electron chi connectivity index (χ1n) is 6.24. The number of methoxy groups -OCH3 is 1. The average molecular weight is 281 g/mol. The fourth-order valence-electron chi connectivity index (χ4n) is 1.72. The monoisotopic (exact) mass is 281 g/mol. The van der Waals surface area contributed by atoms with Crippen LogP contribution in [-0.4, -0.2) is 47.1 Å². The molecule has 6 heteroatoms. The van der Waals surface area contributed by atoms with Gasteiger partial charge in [-0.15, -0.1) is 0 Å². The molecule has 0 unspecified atom stereocenters.